The third-order valence-electron chi connectivity index (χ3n) is 3.62. The van der Waals surface area contributed by atoms with Crippen LogP contribution in [-0.2, 0) is 4.74 Å². The Balaban J connectivity index is 1.80. The summed E-state index contributed by atoms with van der Waals surface area (Å²) in [7, 11) is 0. The first-order valence-electron chi connectivity index (χ1n) is 6.61. The summed E-state index contributed by atoms with van der Waals surface area (Å²) in [5.74, 6) is 0.102. The number of nitrogens with zero attached hydrogens (tertiary/aromatic N) is 4. The number of hydrogen-bond donors (Lipinski definition) is 2. The molecule has 2 heterocycles. The number of aryl methyl sites for hydroxylation is 1. The van der Waals surface area contributed by atoms with Gasteiger partial charge in [-0.05, 0) is 35.5 Å². The van der Waals surface area contributed by atoms with Crippen molar-refractivity contribution in [2.45, 2.75) is 6.92 Å². The normalized spacial score (nSPS) is 16.5. The fourth-order valence-corrected chi connectivity index (χ4v) is 2.17. The second-order valence-corrected chi connectivity index (χ2v) is 5.31. The molecule has 2 N–H and O–H groups in total. The molecule has 0 amide bonds. The Kier molecular flexibility index (Phi) is 3.56. The van der Waals surface area contributed by atoms with Crippen LogP contribution in [0.15, 0.2) is 18.2 Å². The highest BCUT2D eigenvalue weighted by atomic mass is 19.1. The van der Waals surface area contributed by atoms with Gasteiger partial charge in [-0.1, -0.05) is 0 Å². The van der Waals surface area contributed by atoms with E-state index in [1.165, 1.54) is 10.7 Å². The van der Waals surface area contributed by atoms with Crippen LogP contribution in [-0.4, -0.2) is 51.7 Å². The molecular formula is C13H16FN5O2. The number of nitrogens with one attached hydrogen (secondary N) is 1. The summed E-state index contributed by atoms with van der Waals surface area (Å²) in [5, 5.41) is 23.6. The third-order valence-corrected chi connectivity index (χ3v) is 3.62. The van der Waals surface area contributed by atoms with E-state index in [1.54, 1.807) is 19.1 Å². The lowest BCUT2D eigenvalue weighted by atomic mass is 9.87. The van der Waals surface area contributed by atoms with E-state index in [0.29, 0.717) is 25.6 Å². The first-order chi connectivity index (χ1) is 10.1. The molecule has 112 valence electrons. The van der Waals surface area contributed by atoms with Gasteiger partial charge in [-0.25, -0.2) is 4.39 Å². The van der Waals surface area contributed by atoms with Gasteiger partial charge in [-0.15, -0.1) is 5.10 Å². The van der Waals surface area contributed by atoms with E-state index >= 15 is 0 Å². The Labute approximate surface area is 120 Å². The van der Waals surface area contributed by atoms with Gasteiger partial charge in [0.25, 0.3) is 0 Å². The molecule has 1 saturated heterocycles. The van der Waals surface area contributed by atoms with Gasteiger partial charge in [0.2, 0.25) is 0 Å². The van der Waals surface area contributed by atoms with Crippen molar-refractivity contribution in [3.63, 3.8) is 0 Å². The molecule has 1 aliphatic rings. The van der Waals surface area contributed by atoms with Crippen molar-refractivity contribution in [2.75, 3.05) is 31.7 Å². The average molecular weight is 293 g/mol. The topological polar surface area (TPSA) is 85.1 Å². The lowest BCUT2D eigenvalue weighted by Crippen LogP contribution is -2.50. The Hall–Kier alpha value is -2.06. The standard InChI is InChI=1S/C13H16FN5O2/c1-9-16-17-18-19(9)12-4-10(2-3-11(12)14)15-5-13(6-20)7-21-8-13/h2-4,15,20H,5-8H2,1H3. The van der Waals surface area contributed by atoms with Crippen molar-refractivity contribution in [3.8, 4) is 5.69 Å². The molecule has 0 bridgehead atoms. The monoisotopic (exact) mass is 293 g/mol. The van der Waals surface area contributed by atoms with Crippen LogP contribution in [0.25, 0.3) is 5.69 Å². The molecule has 0 atom stereocenters. The summed E-state index contributed by atoms with van der Waals surface area (Å²) in [6.07, 6.45) is 0. The van der Waals surface area contributed by atoms with E-state index in [0.717, 1.165) is 5.69 Å². The fraction of sp³-hybridized carbons (Fsp3) is 0.462. The van der Waals surface area contributed by atoms with Crippen molar-refractivity contribution < 1.29 is 14.2 Å². The number of aliphatic hydroxyl groups is 1. The first kappa shape index (κ1) is 13.9. The van der Waals surface area contributed by atoms with Crippen LogP contribution in [0.1, 0.15) is 5.82 Å². The second kappa shape index (κ2) is 5.38. The third kappa shape index (κ3) is 2.59. The highest BCUT2D eigenvalue weighted by Gasteiger charge is 2.37. The molecule has 21 heavy (non-hydrogen) atoms. The molecular weight excluding hydrogens is 277 g/mol. The van der Waals surface area contributed by atoms with E-state index < -0.39 is 5.82 Å². The summed E-state index contributed by atoms with van der Waals surface area (Å²) in [6, 6.07) is 4.65. The average Bonchev–Trinajstić information content (AvgIpc) is 2.86. The molecule has 8 heteroatoms. The smallest absolute Gasteiger partial charge is 0.153 e. The largest absolute Gasteiger partial charge is 0.396 e. The number of hydrogen-bond acceptors (Lipinski definition) is 6. The zero-order chi connectivity index (χ0) is 14.9. The van der Waals surface area contributed by atoms with Gasteiger partial charge in [-0.3, -0.25) is 0 Å². The van der Waals surface area contributed by atoms with Crippen LogP contribution < -0.4 is 5.32 Å². The summed E-state index contributed by atoms with van der Waals surface area (Å²) in [5.41, 5.74) is 0.769. The highest BCUT2D eigenvalue weighted by Crippen LogP contribution is 2.28. The molecule has 1 aliphatic heterocycles. The Morgan fingerprint density at radius 2 is 2.29 bits per heavy atom. The molecule has 1 aromatic heterocycles. The van der Waals surface area contributed by atoms with Gasteiger partial charge in [0.15, 0.2) is 5.82 Å². The van der Waals surface area contributed by atoms with Crippen molar-refractivity contribution in [3.05, 3.63) is 29.8 Å². The molecule has 1 aromatic carbocycles. The molecule has 0 aliphatic carbocycles. The zero-order valence-corrected chi connectivity index (χ0v) is 11.6. The lowest BCUT2D eigenvalue weighted by molar-refractivity contribution is -0.128. The van der Waals surface area contributed by atoms with Gasteiger partial charge >= 0.3 is 0 Å². The maximum absolute atomic E-state index is 13.9. The minimum absolute atomic E-state index is 0.0557. The molecule has 2 aromatic rings. The molecule has 0 unspecified atom stereocenters. The maximum Gasteiger partial charge on any atom is 0.153 e. The minimum Gasteiger partial charge on any atom is -0.396 e. The Morgan fingerprint density at radius 1 is 1.48 bits per heavy atom. The van der Waals surface area contributed by atoms with Crippen LogP contribution in [0.2, 0.25) is 0 Å². The van der Waals surface area contributed by atoms with Crippen LogP contribution in [0.4, 0.5) is 10.1 Å². The number of benzene rings is 1. The lowest BCUT2D eigenvalue weighted by Gasteiger charge is -2.40. The van der Waals surface area contributed by atoms with Crippen LogP contribution in [0.5, 0.6) is 0 Å². The maximum atomic E-state index is 13.9. The van der Waals surface area contributed by atoms with Crippen LogP contribution in [0, 0.1) is 18.2 Å². The van der Waals surface area contributed by atoms with Crippen LogP contribution in [0.3, 0.4) is 0 Å². The van der Waals surface area contributed by atoms with Gasteiger partial charge in [0.05, 0.1) is 25.2 Å². The number of halogens is 1. The summed E-state index contributed by atoms with van der Waals surface area (Å²) in [6.45, 7) is 3.36. The van der Waals surface area contributed by atoms with Gasteiger partial charge in [0.1, 0.15) is 11.5 Å². The fourth-order valence-electron chi connectivity index (χ4n) is 2.17. The Morgan fingerprint density at radius 3 is 2.86 bits per heavy atom. The number of tetrazole rings is 1. The van der Waals surface area contributed by atoms with Gasteiger partial charge in [0, 0.05) is 12.2 Å². The van der Waals surface area contributed by atoms with Crippen LogP contribution >= 0.6 is 0 Å². The van der Waals surface area contributed by atoms with E-state index in [-0.39, 0.29) is 17.7 Å². The van der Waals surface area contributed by atoms with E-state index in [4.69, 9.17) is 4.74 Å². The van der Waals surface area contributed by atoms with Crippen molar-refractivity contribution >= 4 is 5.69 Å². The molecule has 0 spiro atoms. The SMILES string of the molecule is Cc1nnnn1-c1cc(NCC2(CO)COC2)ccc1F. The van der Waals surface area contributed by atoms with Crippen molar-refractivity contribution in [2.24, 2.45) is 5.41 Å². The molecule has 1 fully saturated rings. The molecule has 0 radical (unpaired) electrons. The molecule has 3 rings (SSSR count). The number of aromatic nitrogens is 4. The van der Waals surface area contributed by atoms with Crippen molar-refractivity contribution in [1.29, 1.82) is 0 Å². The summed E-state index contributed by atoms with van der Waals surface area (Å²) in [4.78, 5) is 0. The zero-order valence-electron chi connectivity index (χ0n) is 11.6. The highest BCUT2D eigenvalue weighted by molar-refractivity contribution is 5.52. The first-order valence-corrected chi connectivity index (χ1v) is 6.61. The number of ether oxygens (including phenoxy) is 1. The van der Waals surface area contributed by atoms with Crippen molar-refractivity contribution in [1.82, 2.24) is 20.2 Å². The van der Waals surface area contributed by atoms with E-state index in [9.17, 15) is 9.50 Å². The number of aliphatic hydroxyl groups excluding tert-OH is 1. The van der Waals surface area contributed by atoms with Gasteiger partial charge < -0.3 is 15.2 Å². The summed E-state index contributed by atoms with van der Waals surface area (Å²) < 4.78 is 20.4. The molecule has 0 saturated carbocycles. The minimum atomic E-state index is -0.403. The number of anilines is 1. The summed E-state index contributed by atoms with van der Waals surface area (Å²) >= 11 is 0. The molecule has 7 nitrogen and oxygen atoms in total. The quantitative estimate of drug-likeness (QED) is 0.836. The Bertz CT molecular complexity index is 636. The number of rotatable bonds is 5. The van der Waals surface area contributed by atoms with E-state index in [1.807, 2.05) is 0 Å². The van der Waals surface area contributed by atoms with Gasteiger partial charge in [-0.2, -0.15) is 4.68 Å². The second-order valence-electron chi connectivity index (χ2n) is 5.31. The predicted octanol–water partition coefficient (Wildman–Crippen LogP) is 0.531. The van der Waals surface area contributed by atoms with E-state index in [2.05, 4.69) is 20.8 Å². The predicted molar refractivity (Wildman–Crippen MR) is 72.7 cm³/mol.